The molecule has 0 radical (unpaired) electrons. The van der Waals surface area contributed by atoms with Crippen LogP contribution in [0.1, 0.15) is 222 Å². The quantitative estimate of drug-likeness (QED) is 0.0122. The van der Waals surface area contributed by atoms with Crippen molar-refractivity contribution in [1.82, 2.24) is 63.8 Å². The monoisotopic (exact) mass is 1740 g/mol. The number of fused-ring (bicyclic) bond motifs is 1. The van der Waals surface area contributed by atoms with Crippen molar-refractivity contribution < 1.29 is 57.5 Å². The number of carbonyl (C=O) groups excluding carboxylic acids is 12. The molecule has 690 valence electrons. The summed E-state index contributed by atoms with van der Waals surface area (Å²) in [5.41, 5.74) is 64.7. The summed E-state index contributed by atoms with van der Waals surface area (Å²) in [7, 11) is 0. The minimum Gasteiger partial charge on any atom is -0.388 e. The Labute approximate surface area is 721 Å². The number of thioether (sulfide) groups is 1. The standard InChI is InChI=1S/C78H145N31O12S/c1-46(79)90-37-15-23-54(87)69(112)102-60(29-19-41-94-50(5)83)75(118)105-58(27-17-39-92-48(3)81)72(115)99-36-14-12-26-57(104-77(120)63(32-22-44-97-53(8)86)107-76(119)61(30-20-42-95-51(6)84)103-70(113)55(88)24-16-38-91-47(2)80)71(114)98-35-13-11-25-56(68(89)111)101-74(117)62(31-21-43-96-52(7)85)106-73(116)59(28-18-40-93-49(4)82)100-66(110)34-10-9-33-65-67-64(45-122-65)108-78(121)109-67/h54-65,67H,9-45,87-88H2,1-8H3,(H2,79,90)(H2,80,91)(H2,81,92)(H2,82,93)(H2,83,94)(H2,84,95)(H2,85,96)(H2,86,97)(H2,89,111)(H,98,114)(H,99,115)(H,100,110)(H,101,117)(H,102,112)(H,103,113)(H,104,120)(H,105,118)(H,106,116)(H,107,119)(H2,108,109,121)/t54?,55?,56-,57+,58?,59-,60?,61?,62-,63?,64-,65-,67-/m0/s1. The molecule has 122 heavy (non-hydrogen) atoms. The van der Waals surface area contributed by atoms with E-state index < -0.39 is 119 Å². The number of nitrogens with two attached hydrogens (primary N) is 11. The molecule has 0 aromatic carbocycles. The van der Waals surface area contributed by atoms with Crippen LogP contribution in [0.3, 0.4) is 0 Å². The van der Waals surface area contributed by atoms with Gasteiger partial charge in [-0.15, -0.1) is 0 Å². The maximum atomic E-state index is 14.8. The van der Waals surface area contributed by atoms with Crippen LogP contribution >= 0.6 is 11.8 Å². The molecule has 2 aliphatic heterocycles. The molecular weight excluding hydrogens is 1600 g/mol. The van der Waals surface area contributed by atoms with Gasteiger partial charge in [0.1, 0.15) is 48.3 Å². The van der Waals surface area contributed by atoms with E-state index in [2.05, 4.69) is 104 Å². The van der Waals surface area contributed by atoms with Gasteiger partial charge in [0.2, 0.25) is 65.0 Å². The number of amides is 13. The number of urea groups is 1. The van der Waals surface area contributed by atoms with Gasteiger partial charge in [-0.2, -0.15) is 11.8 Å². The Balaban J connectivity index is 2.54. The highest BCUT2D eigenvalue weighted by Crippen LogP contribution is 2.33. The van der Waals surface area contributed by atoms with E-state index in [1.165, 1.54) is 0 Å². The molecule has 44 heteroatoms. The zero-order valence-electron chi connectivity index (χ0n) is 72.9. The Hall–Kier alpha value is -10.5. The first-order valence-corrected chi connectivity index (χ1v) is 43.5. The lowest BCUT2D eigenvalue weighted by Gasteiger charge is -2.26. The summed E-state index contributed by atoms with van der Waals surface area (Å²) in [6.07, 6.45) is 6.19. The van der Waals surface area contributed by atoms with E-state index in [0.29, 0.717) is 98.9 Å². The highest BCUT2D eigenvalue weighted by atomic mass is 32.2. The zero-order valence-corrected chi connectivity index (χ0v) is 73.7. The summed E-state index contributed by atoms with van der Waals surface area (Å²) in [4.78, 5) is 200. The Kier molecular flexibility index (Phi) is 54.4. The molecule has 2 rings (SSSR count). The van der Waals surface area contributed by atoms with Crippen molar-refractivity contribution in [2.75, 3.05) is 71.2 Å². The Bertz CT molecular complexity index is 3550. The van der Waals surface area contributed by atoms with Gasteiger partial charge in [0.15, 0.2) is 0 Å². The predicted molar refractivity (Wildman–Crippen MR) is 479 cm³/mol. The number of primary amides is 1. The molecule has 0 bridgehead atoms. The molecule has 2 aliphatic rings. The summed E-state index contributed by atoms with van der Waals surface area (Å²) in [5.74, 6) is -4.05. The molecule has 34 N–H and O–H groups in total. The normalized spacial score (nSPS) is 17.9. The molecule has 13 amide bonds. The number of amidine groups is 8. The molecule has 2 saturated heterocycles. The highest BCUT2D eigenvalue weighted by Gasteiger charge is 2.43. The van der Waals surface area contributed by atoms with Gasteiger partial charge in [-0.05, 0) is 209 Å². The van der Waals surface area contributed by atoms with E-state index in [1.54, 1.807) is 67.2 Å². The third-order valence-corrected chi connectivity index (χ3v) is 21.0. The third kappa shape index (κ3) is 49.4. The fraction of sp³-hybridized carbons (Fsp3) is 0.744. The summed E-state index contributed by atoms with van der Waals surface area (Å²) in [5, 5.41) is 34.0. The number of hydrogen-bond donors (Lipinski definition) is 23. The second kappa shape index (κ2) is 61.7. The van der Waals surface area contributed by atoms with E-state index in [-0.39, 0.29) is 203 Å². The SMILES string of the molecule is CC(N)=NCCCC(N)C(=O)NC(CCCN=C(C)N)C(=O)NC(CCCN=C(C)N)C(=O)NCCCC[C@@H](NC(=O)C(CCCN=C(C)N)NC(=O)C(CCCN=C(C)N)NC(=O)C(N)CCCN=C(C)N)C(=O)NCCCC[C@H](NC(=O)[C@H](CCCN=C(C)N)NC(=O)[C@H](CCCN=C(C)N)NC(=O)CCCC[C@@H]1SC[C@@H]2NC(=O)N[C@@H]21)C(N)=O. The van der Waals surface area contributed by atoms with Gasteiger partial charge in [-0.25, -0.2) is 4.79 Å². The van der Waals surface area contributed by atoms with E-state index in [4.69, 9.17) is 63.1 Å². The molecule has 0 saturated carbocycles. The van der Waals surface area contributed by atoms with Crippen molar-refractivity contribution in [2.45, 2.75) is 300 Å². The van der Waals surface area contributed by atoms with Crippen molar-refractivity contribution >= 4 is 129 Å². The first kappa shape index (κ1) is 108. The summed E-state index contributed by atoms with van der Waals surface area (Å²) >= 11 is 1.77. The second-order valence-electron chi connectivity index (χ2n) is 30.9. The number of rotatable bonds is 65. The van der Waals surface area contributed by atoms with Gasteiger partial charge in [0.05, 0.1) is 70.9 Å². The van der Waals surface area contributed by atoms with Crippen LogP contribution in [0.4, 0.5) is 4.79 Å². The van der Waals surface area contributed by atoms with Gasteiger partial charge in [0, 0.05) is 82.9 Å². The lowest BCUT2D eigenvalue weighted by molar-refractivity contribution is -0.134. The molecule has 6 unspecified atom stereocenters. The molecule has 13 atom stereocenters. The number of nitrogens with one attached hydrogen (secondary N) is 12. The molecule has 0 aromatic rings. The maximum absolute atomic E-state index is 14.8. The Morgan fingerprint density at radius 1 is 0.328 bits per heavy atom. The van der Waals surface area contributed by atoms with Crippen LogP contribution in [0.25, 0.3) is 0 Å². The van der Waals surface area contributed by atoms with Gasteiger partial charge in [-0.3, -0.25) is 92.7 Å². The average Bonchev–Trinajstić information content (AvgIpc) is 1.66. The molecular formula is C78H145N31O12S. The lowest BCUT2D eigenvalue weighted by Crippen LogP contribution is -2.57. The largest absolute Gasteiger partial charge is 0.388 e. The van der Waals surface area contributed by atoms with Crippen LogP contribution in [0.2, 0.25) is 0 Å². The zero-order chi connectivity index (χ0) is 91.1. The maximum Gasteiger partial charge on any atom is 0.315 e. The molecule has 0 spiro atoms. The fourth-order valence-electron chi connectivity index (χ4n) is 12.9. The van der Waals surface area contributed by atoms with E-state index in [1.807, 2.05) is 0 Å². The fourth-order valence-corrected chi connectivity index (χ4v) is 14.5. The number of aliphatic imine (C=N–C) groups is 8. The lowest BCUT2D eigenvalue weighted by atomic mass is 10.0. The third-order valence-electron chi connectivity index (χ3n) is 19.4. The van der Waals surface area contributed by atoms with Crippen LogP contribution in [0, 0.1) is 0 Å². The van der Waals surface area contributed by atoms with E-state index >= 15 is 0 Å². The highest BCUT2D eigenvalue weighted by molar-refractivity contribution is 8.00. The van der Waals surface area contributed by atoms with Crippen LogP contribution < -0.4 is 127 Å². The predicted octanol–water partition coefficient (Wildman–Crippen LogP) is -3.44. The number of carbonyl (C=O) groups is 12. The van der Waals surface area contributed by atoms with E-state index in [0.717, 1.165) is 12.2 Å². The van der Waals surface area contributed by atoms with Gasteiger partial charge < -0.3 is 127 Å². The number of nitrogens with zero attached hydrogens (tertiary/aromatic N) is 8. The second-order valence-corrected chi connectivity index (χ2v) is 32.2. The van der Waals surface area contributed by atoms with Gasteiger partial charge in [0.25, 0.3) is 0 Å². The minimum atomic E-state index is -1.34. The molecule has 0 aliphatic carbocycles. The summed E-state index contributed by atoms with van der Waals surface area (Å²) in [6.45, 7) is 14.8. The number of unbranched alkanes of at least 4 members (excludes halogenated alkanes) is 3. The first-order chi connectivity index (χ1) is 57.9. The van der Waals surface area contributed by atoms with Crippen LogP contribution in [-0.4, -0.2) is 267 Å². The van der Waals surface area contributed by atoms with Crippen molar-refractivity contribution in [1.29, 1.82) is 0 Å². The van der Waals surface area contributed by atoms with Crippen LogP contribution in [0.5, 0.6) is 0 Å². The minimum absolute atomic E-state index is 0.00275. The Morgan fingerprint density at radius 2 is 0.590 bits per heavy atom. The van der Waals surface area contributed by atoms with Crippen LogP contribution in [-0.2, 0) is 52.7 Å². The van der Waals surface area contributed by atoms with E-state index in [9.17, 15) is 57.5 Å². The smallest absolute Gasteiger partial charge is 0.315 e. The first-order valence-electron chi connectivity index (χ1n) is 42.5. The Morgan fingerprint density at radius 3 is 0.893 bits per heavy atom. The molecule has 43 nitrogen and oxygen atoms in total. The van der Waals surface area contributed by atoms with Crippen molar-refractivity contribution in [3.63, 3.8) is 0 Å². The molecule has 2 fully saturated rings. The van der Waals surface area contributed by atoms with Crippen molar-refractivity contribution in [3.8, 4) is 0 Å². The number of hydrogen-bond acceptors (Lipinski definition) is 23. The molecule has 0 aromatic heterocycles. The van der Waals surface area contributed by atoms with Crippen LogP contribution in [0.15, 0.2) is 39.9 Å². The van der Waals surface area contributed by atoms with Crippen molar-refractivity contribution in [3.05, 3.63) is 0 Å². The topological polar surface area (TPSA) is 734 Å². The van der Waals surface area contributed by atoms with Crippen molar-refractivity contribution in [2.24, 2.45) is 103 Å². The van der Waals surface area contributed by atoms with Gasteiger partial charge >= 0.3 is 6.03 Å². The summed E-state index contributed by atoms with van der Waals surface area (Å²) in [6, 6.07) is -12.0. The average molecular weight is 1740 g/mol. The van der Waals surface area contributed by atoms with Gasteiger partial charge in [-0.1, -0.05) is 6.42 Å². The summed E-state index contributed by atoms with van der Waals surface area (Å²) < 4.78 is 0. The molecule has 2 heterocycles.